The molecule has 0 saturated heterocycles. The van der Waals surface area contributed by atoms with Crippen LogP contribution in [0.2, 0.25) is 0 Å². The van der Waals surface area contributed by atoms with E-state index in [2.05, 4.69) is 4.98 Å². The predicted molar refractivity (Wildman–Crippen MR) is 80.2 cm³/mol. The number of anilines is 1. The molecule has 110 valence electrons. The van der Waals surface area contributed by atoms with Crippen LogP contribution in [-0.2, 0) is 6.54 Å². The lowest BCUT2D eigenvalue weighted by Gasteiger charge is -2.23. The van der Waals surface area contributed by atoms with Gasteiger partial charge in [-0.2, -0.15) is 0 Å². The van der Waals surface area contributed by atoms with Crippen LogP contribution in [0.4, 0.5) is 11.5 Å². The Morgan fingerprint density at radius 3 is 2.67 bits per heavy atom. The maximum atomic E-state index is 11.0. The fourth-order valence-corrected chi connectivity index (χ4v) is 2.07. The van der Waals surface area contributed by atoms with Gasteiger partial charge in [0.15, 0.2) is 0 Å². The van der Waals surface area contributed by atoms with Crippen molar-refractivity contribution < 1.29 is 10.0 Å². The first-order chi connectivity index (χ1) is 10.1. The van der Waals surface area contributed by atoms with Gasteiger partial charge in [0.05, 0.1) is 17.6 Å². The number of hydrogen-bond donors (Lipinski definition) is 1. The van der Waals surface area contributed by atoms with E-state index < -0.39 is 4.92 Å². The van der Waals surface area contributed by atoms with E-state index in [1.807, 2.05) is 35.2 Å². The number of nitro groups is 1. The van der Waals surface area contributed by atoms with E-state index in [4.69, 9.17) is 0 Å². The summed E-state index contributed by atoms with van der Waals surface area (Å²) in [5.74, 6) is 0.491. The van der Waals surface area contributed by atoms with Crippen LogP contribution in [0.3, 0.4) is 0 Å². The van der Waals surface area contributed by atoms with Crippen molar-refractivity contribution in [3.05, 3.63) is 63.8 Å². The summed E-state index contributed by atoms with van der Waals surface area (Å²) in [5.41, 5.74) is 1.61. The van der Waals surface area contributed by atoms with Crippen molar-refractivity contribution in [1.29, 1.82) is 0 Å². The Kier molecular flexibility index (Phi) is 4.84. The van der Waals surface area contributed by atoms with E-state index in [1.54, 1.807) is 6.92 Å². The first-order valence-corrected chi connectivity index (χ1v) is 6.62. The molecule has 0 aliphatic rings. The van der Waals surface area contributed by atoms with Crippen molar-refractivity contribution in [2.45, 2.75) is 13.5 Å². The van der Waals surface area contributed by atoms with Gasteiger partial charge in [0, 0.05) is 24.8 Å². The van der Waals surface area contributed by atoms with Crippen LogP contribution < -0.4 is 4.90 Å². The molecule has 6 nitrogen and oxygen atoms in total. The number of aromatic nitrogens is 1. The Morgan fingerprint density at radius 2 is 2.05 bits per heavy atom. The van der Waals surface area contributed by atoms with Crippen LogP contribution in [0.25, 0.3) is 0 Å². The maximum absolute atomic E-state index is 11.0. The molecule has 0 unspecified atom stereocenters. The van der Waals surface area contributed by atoms with Crippen LogP contribution in [0, 0.1) is 17.0 Å². The second-order valence-electron chi connectivity index (χ2n) is 4.72. The average molecular weight is 287 g/mol. The summed E-state index contributed by atoms with van der Waals surface area (Å²) in [6, 6.07) is 11.2. The summed E-state index contributed by atoms with van der Waals surface area (Å²) in [4.78, 5) is 16.7. The molecule has 6 heteroatoms. The second kappa shape index (κ2) is 6.81. The van der Waals surface area contributed by atoms with Gasteiger partial charge in [0.2, 0.25) is 0 Å². The molecule has 1 heterocycles. The molecule has 1 aromatic carbocycles. The van der Waals surface area contributed by atoms with Gasteiger partial charge in [0.25, 0.3) is 5.69 Å². The zero-order valence-corrected chi connectivity index (χ0v) is 11.8. The highest BCUT2D eigenvalue weighted by Gasteiger charge is 2.16. The third-order valence-electron chi connectivity index (χ3n) is 3.17. The monoisotopic (exact) mass is 287 g/mol. The van der Waals surface area contributed by atoms with E-state index in [0.29, 0.717) is 24.5 Å². The number of aliphatic hydroxyl groups is 1. The highest BCUT2D eigenvalue weighted by Crippen LogP contribution is 2.23. The number of benzene rings is 1. The Hall–Kier alpha value is -2.47. The third-order valence-corrected chi connectivity index (χ3v) is 3.17. The fourth-order valence-electron chi connectivity index (χ4n) is 2.07. The van der Waals surface area contributed by atoms with Gasteiger partial charge >= 0.3 is 0 Å². The molecule has 0 bridgehead atoms. The molecule has 0 aliphatic carbocycles. The summed E-state index contributed by atoms with van der Waals surface area (Å²) in [7, 11) is 0. The van der Waals surface area contributed by atoms with Gasteiger partial charge in [-0.05, 0) is 12.5 Å². The van der Waals surface area contributed by atoms with E-state index in [-0.39, 0.29) is 12.3 Å². The molecule has 1 N–H and O–H groups in total. The van der Waals surface area contributed by atoms with Crippen molar-refractivity contribution >= 4 is 11.5 Å². The number of aliphatic hydroxyl groups excluding tert-OH is 1. The van der Waals surface area contributed by atoms with Crippen LogP contribution in [0.1, 0.15) is 11.1 Å². The third kappa shape index (κ3) is 3.76. The lowest BCUT2D eigenvalue weighted by atomic mass is 10.2. The standard InChI is InChI=1S/C15H17N3O3/c1-12-10-16-15(9-14(12)18(20)21)17(7-8-19)11-13-5-3-2-4-6-13/h2-6,9-10,19H,7-8,11H2,1H3. The van der Waals surface area contributed by atoms with E-state index in [0.717, 1.165) is 5.56 Å². The molecule has 0 aliphatic heterocycles. The SMILES string of the molecule is Cc1cnc(N(CCO)Cc2ccccc2)cc1[N+](=O)[O-]. The van der Waals surface area contributed by atoms with Crippen molar-refractivity contribution in [3.8, 4) is 0 Å². The minimum atomic E-state index is -0.417. The molecule has 0 fully saturated rings. The van der Waals surface area contributed by atoms with Crippen molar-refractivity contribution in [1.82, 2.24) is 4.98 Å². The Bertz CT molecular complexity index is 617. The average Bonchev–Trinajstić information content (AvgIpc) is 2.48. The van der Waals surface area contributed by atoms with Gasteiger partial charge in [0.1, 0.15) is 5.82 Å². The first kappa shape index (κ1) is 14.9. The molecule has 0 amide bonds. The molecular weight excluding hydrogens is 270 g/mol. The van der Waals surface area contributed by atoms with Gasteiger partial charge in [-0.1, -0.05) is 30.3 Å². The predicted octanol–water partition coefficient (Wildman–Crippen LogP) is 2.30. The largest absolute Gasteiger partial charge is 0.395 e. The van der Waals surface area contributed by atoms with Crippen LogP contribution >= 0.6 is 0 Å². The number of pyridine rings is 1. The van der Waals surface area contributed by atoms with Crippen molar-refractivity contribution in [2.24, 2.45) is 0 Å². The molecule has 2 rings (SSSR count). The van der Waals surface area contributed by atoms with Crippen molar-refractivity contribution in [2.75, 3.05) is 18.1 Å². The van der Waals surface area contributed by atoms with Crippen LogP contribution in [0.5, 0.6) is 0 Å². The maximum Gasteiger partial charge on any atom is 0.277 e. The summed E-state index contributed by atoms with van der Waals surface area (Å²) < 4.78 is 0. The summed E-state index contributed by atoms with van der Waals surface area (Å²) in [6.07, 6.45) is 1.49. The van der Waals surface area contributed by atoms with Gasteiger partial charge in [-0.15, -0.1) is 0 Å². The lowest BCUT2D eigenvalue weighted by molar-refractivity contribution is -0.385. The quantitative estimate of drug-likeness (QED) is 0.651. The molecule has 21 heavy (non-hydrogen) atoms. The van der Waals surface area contributed by atoms with E-state index in [1.165, 1.54) is 12.3 Å². The van der Waals surface area contributed by atoms with E-state index >= 15 is 0 Å². The lowest BCUT2D eigenvalue weighted by Crippen LogP contribution is -2.27. The molecule has 0 radical (unpaired) electrons. The Balaban J connectivity index is 2.29. The van der Waals surface area contributed by atoms with Gasteiger partial charge in [-0.25, -0.2) is 4.98 Å². The van der Waals surface area contributed by atoms with Gasteiger partial charge < -0.3 is 10.0 Å². The highest BCUT2D eigenvalue weighted by atomic mass is 16.6. The van der Waals surface area contributed by atoms with Crippen LogP contribution in [0.15, 0.2) is 42.6 Å². The summed E-state index contributed by atoms with van der Waals surface area (Å²) in [6.45, 7) is 2.51. The molecule has 0 atom stereocenters. The molecule has 1 aromatic heterocycles. The highest BCUT2D eigenvalue weighted by molar-refractivity contribution is 5.51. The number of aryl methyl sites for hydroxylation is 1. The smallest absolute Gasteiger partial charge is 0.277 e. The molecule has 0 saturated carbocycles. The molecule has 0 spiro atoms. The Morgan fingerprint density at radius 1 is 1.33 bits per heavy atom. The zero-order chi connectivity index (χ0) is 15.2. The Labute approximate surface area is 122 Å². The zero-order valence-electron chi connectivity index (χ0n) is 11.8. The topological polar surface area (TPSA) is 79.5 Å². The van der Waals surface area contributed by atoms with Crippen LogP contribution in [-0.4, -0.2) is 28.2 Å². The number of nitrogens with zero attached hydrogens (tertiary/aromatic N) is 3. The minimum absolute atomic E-state index is 0.0380. The minimum Gasteiger partial charge on any atom is -0.395 e. The first-order valence-electron chi connectivity index (χ1n) is 6.62. The fraction of sp³-hybridized carbons (Fsp3) is 0.267. The van der Waals surface area contributed by atoms with Crippen molar-refractivity contribution in [3.63, 3.8) is 0 Å². The normalized spacial score (nSPS) is 10.4. The number of rotatable bonds is 6. The summed E-state index contributed by atoms with van der Waals surface area (Å²) >= 11 is 0. The van der Waals surface area contributed by atoms with Gasteiger partial charge in [-0.3, -0.25) is 10.1 Å². The second-order valence-corrected chi connectivity index (χ2v) is 4.72. The van der Waals surface area contributed by atoms with E-state index in [9.17, 15) is 15.2 Å². The molecular formula is C15H17N3O3. The number of hydrogen-bond acceptors (Lipinski definition) is 5. The summed E-state index contributed by atoms with van der Waals surface area (Å²) in [5, 5.41) is 20.2. The molecule has 2 aromatic rings.